The highest BCUT2D eigenvalue weighted by Crippen LogP contribution is 2.02. The summed E-state index contributed by atoms with van der Waals surface area (Å²) in [5.41, 5.74) is 2.53. The summed E-state index contributed by atoms with van der Waals surface area (Å²) in [5, 5.41) is 3.93. The molecule has 0 saturated heterocycles. The number of nitrogens with zero attached hydrogens (tertiary/aromatic N) is 2. The molecule has 0 amide bonds. The van der Waals surface area contributed by atoms with E-state index in [0.29, 0.717) is 0 Å². The normalized spacial score (nSPS) is 10.8. The monoisotopic (exact) mass is 163 g/mol. The highest BCUT2D eigenvalue weighted by atomic mass is 16.1. The fraction of sp³-hybridized carbons (Fsp3) is 0.250. The molecule has 12 heavy (non-hydrogen) atoms. The van der Waals surface area contributed by atoms with Gasteiger partial charge in [0, 0.05) is 17.3 Å². The Morgan fingerprint density at radius 3 is 3.00 bits per heavy atom. The van der Waals surface area contributed by atoms with E-state index >= 15 is 0 Å². The van der Waals surface area contributed by atoms with Gasteiger partial charge in [0.2, 0.25) is 0 Å². The molecule has 2 aromatic heterocycles. The highest BCUT2D eigenvalue weighted by molar-refractivity contribution is 5.45. The maximum absolute atomic E-state index is 11.3. The van der Waals surface area contributed by atoms with Gasteiger partial charge in [-0.1, -0.05) is 0 Å². The summed E-state index contributed by atoms with van der Waals surface area (Å²) < 4.78 is 1.36. The van der Waals surface area contributed by atoms with Gasteiger partial charge in [-0.3, -0.25) is 4.79 Å². The first-order valence-corrected chi connectivity index (χ1v) is 3.73. The molecule has 0 aliphatic rings. The van der Waals surface area contributed by atoms with E-state index < -0.39 is 0 Å². The van der Waals surface area contributed by atoms with Gasteiger partial charge in [0.25, 0.3) is 5.56 Å². The Balaban J connectivity index is 3.03. The molecule has 0 radical (unpaired) electrons. The molecule has 0 aliphatic carbocycles. The molecule has 0 atom stereocenters. The predicted octanol–water partition coefficient (Wildman–Crippen LogP) is 0.639. The van der Waals surface area contributed by atoms with Crippen LogP contribution in [0.15, 0.2) is 17.1 Å². The summed E-state index contributed by atoms with van der Waals surface area (Å²) in [5.74, 6) is 0. The zero-order valence-corrected chi connectivity index (χ0v) is 6.96. The van der Waals surface area contributed by atoms with Crippen molar-refractivity contribution in [2.75, 3.05) is 0 Å². The fourth-order valence-corrected chi connectivity index (χ4v) is 1.22. The van der Waals surface area contributed by atoms with Crippen LogP contribution in [0.5, 0.6) is 0 Å². The van der Waals surface area contributed by atoms with Gasteiger partial charge in [0.1, 0.15) is 5.65 Å². The zero-order valence-electron chi connectivity index (χ0n) is 6.96. The summed E-state index contributed by atoms with van der Waals surface area (Å²) in [6.45, 7) is 3.77. The van der Waals surface area contributed by atoms with E-state index in [1.165, 1.54) is 10.6 Å². The minimum absolute atomic E-state index is 0.0886. The van der Waals surface area contributed by atoms with E-state index in [1.54, 1.807) is 6.20 Å². The first-order valence-electron chi connectivity index (χ1n) is 3.73. The molecule has 0 spiro atoms. The van der Waals surface area contributed by atoms with Crippen LogP contribution >= 0.6 is 0 Å². The SMILES string of the molecule is Cc1cc(=O)n2ncc(C)c2[nH]1. The van der Waals surface area contributed by atoms with E-state index in [9.17, 15) is 4.79 Å². The van der Waals surface area contributed by atoms with Gasteiger partial charge in [-0.15, -0.1) is 0 Å². The van der Waals surface area contributed by atoms with E-state index in [2.05, 4.69) is 10.1 Å². The van der Waals surface area contributed by atoms with Gasteiger partial charge in [0.15, 0.2) is 0 Å². The van der Waals surface area contributed by atoms with Crippen LogP contribution in [0.4, 0.5) is 0 Å². The van der Waals surface area contributed by atoms with Crippen molar-refractivity contribution in [2.45, 2.75) is 13.8 Å². The number of aromatic amines is 1. The highest BCUT2D eigenvalue weighted by Gasteiger charge is 2.02. The summed E-state index contributed by atoms with van der Waals surface area (Å²) in [4.78, 5) is 14.4. The molecule has 0 bridgehead atoms. The lowest BCUT2D eigenvalue weighted by Gasteiger charge is -1.95. The summed E-state index contributed by atoms with van der Waals surface area (Å²) >= 11 is 0. The van der Waals surface area contributed by atoms with Crippen LogP contribution in [0.3, 0.4) is 0 Å². The number of H-pyrrole nitrogens is 1. The van der Waals surface area contributed by atoms with Gasteiger partial charge in [0.05, 0.1) is 6.20 Å². The van der Waals surface area contributed by atoms with Crippen LogP contribution < -0.4 is 5.56 Å². The Kier molecular flexibility index (Phi) is 1.30. The smallest absolute Gasteiger partial charge is 0.274 e. The van der Waals surface area contributed by atoms with Crippen LogP contribution in [0, 0.1) is 13.8 Å². The maximum atomic E-state index is 11.3. The summed E-state index contributed by atoms with van der Waals surface area (Å²) in [6.07, 6.45) is 1.67. The van der Waals surface area contributed by atoms with Crippen molar-refractivity contribution in [3.63, 3.8) is 0 Å². The number of fused-ring (bicyclic) bond motifs is 1. The molecule has 2 heterocycles. The summed E-state index contributed by atoms with van der Waals surface area (Å²) in [7, 11) is 0. The topological polar surface area (TPSA) is 50.2 Å². The van der Waals surface area contributed by atoms with Crippen LogP contribution in [-0.4, -0.2) is 14.6 Å². The molecule has 2 aromatic rings. The van der Waals surface area contributed by atoms with Crippen LogP contribution in [0.25, 0.3) is 5.65 Å². The number of nitrogens with one attached hydrogen (secondary N) is 1. The van der Waals surface area contributed by atoms with Crippen molar-refractivity contribution in [3.05, 3.63) is 33.9 Å². The standard InChI is InChI=1S/C8H9N3O/c1-5-4-9-11-7(12)3-6(2)10-8(5)11/h3-4,10H,1-2H3. The van der Waals surface area contributed by atoms with Crippen molar-refractivity contribution in [2.24, 2.45) is 0 Å². The third-order valence-corrected chi connectivity index (χ3v) is 1.82. The van der Waals surface area contributed by atoms with Crippen LogP contribution in [0.2, 0.25) is 0 Å². The Labute approximate surface area is 68.8 Å². The van der Waals surface area contributed by atoms with E-state index in [0.717, 1.165) is 16.9 Å². The molecule has 4 nitrogen and oxygen atoms in total. The molecule has 0 saturated carbocycles. The zero-order chi connectivity index (χ0) is 8.72. The number of hydrogen-bond acceptors (Lipinski definition) is 2. The quantitative estimate of drug-likeness (QED) is 0.619. The number of aromatic nitrogens is 3. The van der Waals surface area contributed by atoms with Crippen molar-refractivity contribution in [3.8, 4) is 0 Å². The van der Waals surface area contributed by atoms with Gasteiger partial charge >= 0.3 is 0 Å². The van der Waals surface area contributed by atoms with Crippen molar-refractivity contribution in [1.29, 1.82) is 0 Å². The number of rotatable bonds is 0. The first-order chi connectivity index (χ1) is 5.68. The molecule has 2 rings (SSSR count). The van der Waals surface area contributed by atoms with Gasteiger partial charge < -0.3 is 4.98 Å². The molecule has 0 fully saturated rings. The largest absolute Gasteiger partial charge is 0.343 e. The lowest BCUT2D eigenvalue weighted by Crippen LogP contribution is -2.14. The molecular weight excluding hydrogens is 154 g/mol. The molecule has 0 aliphatic heterocycles. The van der Waals surface area contributed by atoms with Gasteiger partial charge in [-0.2, -0.15) is 9.61 Å². The average molecular weight is 163 g/mol. The van der Waals surface area contributed by atoms with Crippen LogP contribution in [0.1, 0.15) is 11.3 Å². The predicted molar refractivity (Wildman–Crippen MR) is 45.3 cm³/mol. The Morgan fingerprint density at radius 1 is 1.50 bits per heavy atom. The lowest BCUT2D eigenvalue weighted by atomic mass is 10.4. The second-order valence-electron chi connectivity index (χ2n) is 2.88. The third kappa shape index (κ3) is 0.845. The molecule has 1 N–H and O–H groups in total. The first kappa shape index (κ1) is 7.09. The fourth-order valence-electron chi connectivity index (χ4n) is 1.22. The Morgan fingerprint density at radius 2 is 2.25 bits per heavy atom. The van der Waals surface area contributed by atoms with E-state index in [4.69, 9.17) is 0 Å². The maximum Gasteiger partial charge on any atom is 0.274 e. The minimum Gasteiger partial charge on any atom is -0.343 e. The second kappa shape index (κ2) is 2.20. The van der Waals surface area contributed by atoms with Crippen molar-refractivity contribution >= 4 is 5.65 Å². The lowest BCUT2D eigenvalue weighted by molar-refractivity contribution is 0.890. The van der Waals surface area contributed by atoms with Gasteiger partial charge in [-0.05, 0) is 13.8 Å². The average Bonchev–Trinajstić information content (AvgIpc) is 2.33. The van der Waals surface area contributed by atoms with Crippen LogP contribution in [-0.2, 0) is 0 Å². The number of aryl methyl sites for hydroxylation is 2. The molecular formula is C8H9N3O. The van der Waals surface area contributed by atoms with E-state index in [-0.39, 0.29) is 5.56 Å². The van der Waals surface area contributed by atoms with Gasteiger partial charge in [-0.25, -0.2) is 0 Å². The number of hydrogen-bond donors (Lipinski definition) is 1. The molecule has 0 unspecified atom stereocenters. The second-order valence-corrected chi connectivity index (χ2v) is 2.88. The summed E-state index contributed by atoms with van der Waals surface area (Å²) in [6, 6.07) is 1.53. The van der Waals surface area contributed by atoms with Crippen molar-refractivity contribution < 1.29 is 0 Å². The Hall–Kier alpha value is -1.58. The third-order valence-electron chi connectivity index (χ3n) is 1.82. The minimum atomic E-state index is -0.0886. The molecule has 0 aromatic carbocycles. The van der Waals surface area contributed by atoms with Crippen molar-refractivity contribution in [1.82, 2.24) is 14.6 Å². The molecule has 62 valence electrons. The molecule has 4 heteroatoms. The Bertz CT molecular complexity index is 480. The van der Waals surface area contributed by atoms with E-state index in [1.807, 2.05) is 13.8 Å².